The first-order valence-electron chi connectivity index (χ1n) is 12.0. The fourth-order valence-corrected chi connectivity index (χ4v) is 4.61. The van der Waals surface area contributed by atoms with Crippen LogP contribution in [0.25, 0.3) is 5.52 Å². The van der Waals surface area contributed by atoms with E-state index in [0.29, 0.717) is 12.3 Å². The van der Waals surface area contributed by atoms with Gasteiger partial charge in [-0.05, 0) is 30.9 Å². The van der Waals surface area contributed by atoms with Crippen LogP contribution in [0.4, 0.5) is 10.6 Å². The third-order valence-corrected chi connectivity index (χ3v) is 6.41. The summed E-state index contributed by atoms with van der Waals surface area (Å²) in [5.74, 6) is -0.566. The van der Waals surface area contributed by atoms with Gasteiger partial charge < -0.3 is 24.1 Å². The van der Waals surface area contributed by atoms with Crippen molar-refractivity contribution in [3.63, 3.8) is 0 Å². The molecule has 0 spiro atoms. The van der Waals surface area contributed by atoms with Gasteiger partial charge in [0.15, 0.2) is 5.82 Å². The van der Waals surface area contributed by atoms with E-state index >= 15 is 0 Å². The summed E-state index contributed by atoms with van der Waals surface area (Å²) in [7, 11) is 0. The van der Waals surface area contributed by atoms with E-state index in [1.807, 2.05) is 6.07 Å². The highest BCUT2D eigenvalue weighted by atomic mass is 16.7. The number of aliphatic hydroxyl groups is 1. The Labute approximate surface area is 212 Å². The van der Waals surface area contributed by atoms with Gasteiger partial charge in [0.1, 0.15) is 36.7 Å². The van der Waals surface area contributed by atoms with E-state index < -0.39 is 36.7 Å². The molecule has 0 bridgehead atoms. The number of nitrogens with one attached hydrogen (secondary N) is 1. The van der Waals surface area contributed by atoms with Gasteiger partial charge in [-0.3, -0.25) is 14.9 Å². The number of rotatable bonds is 8. The molecule has 1 amide bonds. The number of carbonyl (C=O) groups is 3. The third kappa shape index (κ3) is 5.98. The molecule has 37 heavy (non-hydrogen) atoms. The lowest BCUT2D eigenvalue weighted by Crippen LogP contribution is -2.37. The Bertz CT molecular complexity index is 1190. The number of amides is 1. The van der Waals surface area contributed by atoms with E-state index in [2.05, 4.69) is 20.1 Å². The summed E-state index contributed by atoms with van der Waals surface area (Å²) in [6.45, 7) is 0.464. The Kier molecular flexibility index (Phi) is 8.20. The number of ether oxygens (including phenoxy) is 4. The lowest BCUT2D eigenvalue weighted by atomic mass is 9.87. The SMILES string of the molecule is CC(=O)OCOC(=O)Nc1ncnn2c([C@]3(C#N)O[C@@H](COC(=O)CC4CCCCC4)[CH][C@H]3O)ccc12. The lowest BCUT2D eigenvalue weighted by Gasteiger charge is -2.24. The van der Waals surface area contributed by atoms with E-state index in [4.69, 9.17) is 14.2 Å². The van der Waals surface area contributed by atoms with Crippen LogP contribution in [0, 0.1) is 23.7 Å². The molecule has 2 aromatic rings. The molecule has 4 rings (SSSR count). The second-order valence-electron chi connectivity index (χ2n) is 8.97. The molecule has 1 radical (unpaired) electrons. The van der Waals surface area contributed by atoms with E-state index in [1.165, 1.54) is 36.4 Å². The Morgan fingerprint density at radius 3 is 2.76 bits per heavy atom. The first kappa shape index (κ1) is 26.3. The van der Waals surface area contributed by atoms with Crippen LogP contribution in [0.15, 0.2) is 18.5 Å². The Morgan fingerprint density at radius 2 is 2.03 bits per heavy atom. The maximum Gasteiger partial charge on any atom is 0.415 e. The molecule has 2 N–H and O–H groups in total. The summed E-state index contributed by atoms with van der Waals surface area (Å²) in [4.78, 5) is 39.1. The van der Waals surface area contributed by atoms with Gasteiger partial charge in [-0.1, -0.05) is 19.3 Å². The average molecular weight is 515 g/mol. The Morgan fingerprint density at radius 1 is 1.24 bits per heavy atom. The molecular formula is C24H28N5O8. The number of esters is 2. The molecule has 197 valence electrons. The van der Waals surface area contributed by atoms with Crippen molar-refractivity contribution in [3.8, 4) is 6.07 Å². The number of nitriles is 1. The monoisotopic (exact) mass is 514 g/mol. The highest BCUT2D eigenvalue weighted by molar-refractivity contribution is 5.88. The maximum absolute atomic E-state index is 12.3. The first-order chi connectivity index (χ1) is 17.8. The number of hydrogen-bond acceptors (Lipinski definition) is 11. The minimum atomic E-state index is -1.84. The number of carbonyl (C=O) groups excluding carboxylic acids is 3. The summed E-state index contributed by atoms with van der Waals surface area (Å²) >= 11 is 0. The number of anilines is 1. The van der Waals surface area contributed by atoms with Crippen LogP contribution in [0.1, 0.15) is 51.1 Å². The minimum Gasteiger partial charge on any atom is -0.463 e. The summed E-state index contributed by atoms with van der Waals surface area (Å²) in [5, 5.41) is 27.4. The maximum atomic E-state index is 12.3. The Balaban J connectivity index is 1.43. The van der Waals surface area contributed by atoms with E-state index in [9.17, 15) is 24.8 Å². The fraction of sp³-hybridized carbons (Fsp3) is 0.542. The quantitative estimate of drug-likeness (QED) is 0.389. The van der Waals surface area contributed by atoms with Crippen molar-refractivity contribution in [2.45, 2.75) is 63.3 Å². The molecule has 1 aliphatic heterocycles. The number of nitrogens with zero attached hydrogens (tertiary/aromatic N) is 4. The van der Waals surface area contributed by atoms with Crippen LogP contribution in [-0.4, -0.2) is 63.3 Å². The number of fused-ring (bicyclic) bond motifs is 1. The van der Waals surface area contributed by atoms with Gasteiger partial charge in [-0.25, -0.2) is 14.3 Å². The van der Waals surface area contributed by atoms with Gasteiger partial charge in [-0.15, -0.1) is 0 Å². The minimum absolute atomic E-state index is 0.0480. The van der Waals surface area contributed by atoms with Crippen molar-refractivity contribution in [1.29, 1.82) is 5.26 Å². The topological polar surface area (TPSA) is 174 Å². The molecule has 3 heterocycles. The zero-order valence-corrected chi connectivity index (χ0v) is 20.3. The van der Waals surface area contributed by atoms with E-state index in [1.54, 1.807) is 0 Å². The van der Waals surface area contributed by atoms with Crippen molar-refractivity contribution in [3.05, 3.63) is 30.6 Å². The molecule has 13 heteroatoms. The predicted octanol–water partition coefficient (Wildman–Crippen LogP) is 1.99. The number of aliphatic hydroxyl groups excluding tert-OH is 1. The van der Waals surface area contributed by atoms with E-state index in [-0.39, 0.29) is 29.6 Å². The molecule has 2 aromatic heterocycles. The molecule has 2 aliphatic rings. The first-order valence-corrected chi connectivity index (χ1v) is 12.0. The molecule has 1 saturated heterocycles. The molecule has 0 aromatic carbocycles. The van der Waals surface area contributed by atoms with Crippen molar-refractivity contribution in [1.82, 2.24) is 14.6 Å². The second kappa shape index (κ2) is 11.5. The van der Waals surface area contributed by atoms with Crippen LogP contribution in [0.5, 0.6) is 0 Å². The van der Waals surface area contributed by atoms with Crippen LogP contribution < -0.4 is 5.32 Å². The normalized spacial score (nSPS) is 23.8. The smallest absolute Gasteiger partial charge is 0.415 e. The standard InChI is InChI=1S/C24H28N5O8/c1-15(30)35-14-36-23(33)28-22-18-7-8-19(29(18)27-13-26-22)24(12-25)20(31)10-17(37-24)11-34-21(32)9-16-5-3-2-4-6-16/h7-8,10,13,16-17,20,31H,2-6,9,11,14H2,1H3,(H,26,27,28,33)/t17-,20-,24+/m1/s1. The predicted molar refractivity (Wildman–Crippen MR) is 124 cm³/mol. The van der Waals surface area contributed by atoms with Crippen LogP contribution in [0.3, 0.4) is 0 Å². The van der Waals surface area contributed by atoms with Crippen LogP contribution >= 0.6 is 0 Å². The van der Waals surface area contributed by atoms with Gasteiger partial charge in [-0.2, -0.15) is 10.4 Å². The lowest BCUT2D eigenvalue weighted by molar-refractivity contribution is -0.150. The molecule has 2 fully saturated rings. The highest BCUT2D eigenvalue weighted by Gasteiger charge is 2.52. The van der Waals surface area contributed by atoms with Crippen LogP contribution in [-0.2, 0) is 34.1 Å². The third-order valence-electron chi connectivity index (χ3n) is 6.41. The summed E-state index contributed by atoms with van der Waals surface area (Å²) in [6, 6.07) is 5.06. The molecule has 0 unspecified atom stereocenters. The molecular weight excluding hydrogens is 486 g/mol. The fourth-order valence-electron chi connectivity index (χ4n) is 4.61. The largest absolute Gasteiger partial charge is 0.463 e. The van der Waals surface area contributed by atoms with Gasteiger partial charge >= 0.3 is 18.0 Å². The van der Waals surface area contributed by atoms with Gasteiger partial charge in [0, 0.05) is 19.8 Å². The van der Waals surface area contributed by atoms with Gasteiger partial charge in [0.05, 0.1) is 5.69 Å². The molecule has 1 aliphatic carbocycles. The van der Waals surface area contributed by atoms with E-state index in [0.717, 1.165) is 32.0 Å². The molecule has 1 saturated carbocycles. The van der Waals surface area contributed by atoms with Gasteiger partial charge in [0.25, 0.3) is 0 Å². The van der Waals surface area contributed by atoms with Crippen molar-refractivity contribution in [2.24, 2.45) is 5.92 Å². The summed E-state index contributed by atoms with van der Waals surface area (Å²) in [5.41, 5.74) is -1.37. The zero-order chi connectivity index (χ0) is 26.4. The number of hydrogen-bond donors (Lipinski definition) is 2. The number of aromatic nitrogens is 3. The van der Waals surface area contributed by atoms with Gasteiger partial charge in [0.2, 0.25) is 12.4 Å². The molecule has 3 atom stereocenters. The van der Waals surface area contributed by atoms with Crippen molar-refractivity contribution in [2.75, 3.05) is 18.7 Å². The van der Waals surface area contributed by atoms with Crippen molar-refractivity contribution < 1.29 is 38.4 Å². The Hall–Kier alpha value is -3.76. The highest BCUT2D eigenvalue weighted by Crippen LogP contribution is 2.40. The van der Waals surface area contributed by atoms with Crippen molar-refractivity contribution >= 4 is 29.4 Å². The van der Waals surface area contributed by atoms with Crippen LogP contribution in [0.2, 0.25) is 0 Å². The zero-order valence-electron chi connectivity index (χ0n) is 20.3. The summed E-state index contributed by atoms with van der Waals surface area (Å²) in [6.07, 6.45) is 5.26. The summed E-state index contributed by atoms with van der Waals surface area (Å²) < 4.78 is 21.9. The molecule has 13 nitrogen and oxygen atoms in total. The average Bonchev–Trinajstić information content (AvgIpc) is 3.45. The second-order valence-corrected chi connectivity index (χ2v) is 8.97.